The predicted octanol–water partition coefficient (Wildman–Crippen LogP) is 3.72. The first-order chi connectivity index (χ1) is 15.6. The fourth-order valence-corrected chi connectivity index (χ4v) is 4.02. The zero-order valence-corrected chi connectivity index (χ0v) is 19.5. The average molecular weight is 438 g/mol. The number of nitrogens with zero attached hydrogens (tertiary/aromatic N) is 4. The first-order valence-electron chi connectivity index (χ1n) is 11.7. The fourth-order valence-electron chi connectivity index (χ4n) is 4.02. The second-order valence-corrected chi connectivity index (χ2v) is 8.88. The second kappa shape index (κ2) is 10.1. The Morgan fingerprint density at radius 1 is 1.12 bits per heavy atom. The summed E-state index contributed by atoms with van der Waals surface area (Å²) in [6, 6.07) is 10.2. The quantitative estimate of drug-likeness (QED) is 0.645. The minimum absolute atomic E-state index is 0.0204. The number of para-hydroxylation sites is 2. The van der Waals surface area contributed by atoms with E-state index >= 15 is 0 Å². The Balaban J connectivity index is 1.50. The van der Waals surface area contributed by atoms with Gasteiger partial charge < -0.3 is 24.8 Å². The molecule has 1 aromatic heterocycles. The van der Waals surface area contributed by atoms with Gasteiger partial charge in [0.2, 0.25) is 0 Å². The number of hydrogen-bond donors (Lipinski definition) is 1. The van der Waals surface area contributed by atoms with Crippen molar-refractivity contribution in [2.45, 2.75) is 26.2 Å². The van der Waals surface area contributed by atoms with Crippen molar-refractivity contribution in [3.8, 4) is 5.75 Å². The molecule has 1 aliphatic heterocycles. The van der Waals surface area contributed by atoms with Gasteiger partial charge in [0.05, 0.1) is 18.0 Å². The fraction of sp³-hybridized carbons (Fsp3) is 0.520. The molecule has 172 valence electrons. The normalized spacial score (nSPS) is 16.1. The van der Waals surface area contributed by atoms with Crippen molar-refractivity contribution in [3.05, 3.63) is 42.1 Å². The van der Waals surface area contributed by atoms with Gasteiger partial charge in [-0.25, -0.2) is 4.98 Å². The topological polar surface area (TPSA) is 60.9 Å². The number of nitrogens with one attached hydrogen (secondary N) is 1. The highest BCUT2D eigenvalue weighted by Crippen LogP contribution is 2.34. The lowest BCUT2D eigenvalue weighted by Crippen LogP contribution is -2.47. The first kappa shape index (κ1) is 22.2. The van der Waals surface area contributed by atoms with Crippen LogP contribution in [0.15, 0.2) is 36.5 Å². The Morgan fingerprint density at radius 3 is 2.53 bits per heavy atom. The van der Waals surface area contributed by atoms with Crippen LogP contribution in [0.25, 0.3) is 0 Å². The summed E-state index contributed by atoms with van der Waals surface area (Å²) in [6.07, 6.45) is 5.36. The number of carbonyl (C=O) groups is 1. The van der Waals surface area contributed by atoms with E-state index in [-0.39, 0.29) is 5.91 Å². The van der Waals surface area contributed by atoms with Crippen molar-refractivity contribution >= 4 is 23.1 Å². The molecule has 32 heavy (non-hydrogen) atoms. The largest absolute Gasteiger partial charge is 0.491 e. The van der Waals surface area contributed by atoms with E-state index in [1.54, 1.807) is 25.2 Å². The molecule has 1 saturated heterocycles. The van der Waals surface area contributed by atoms with E-state index in [4.69, 9.17) is 4.74 Å². The summed E-state index contributed by atoms with van der Waals surface area (Å²) in [5.74, 6) is 2.45. The second-order valence-electron chi connectivity index (χ2n) is 8.88. The van der Waals surface area contributed by atoms with E-state index in [0.717, 1.165) is 74.6 Å². The molecule has 4 rings (SSSR count). The van der Waals surface area contributed by atoms with Gasteiger partial charge in [0.25, 0.3) is 5.91 Å². The lowest BCUT2D eigenvalue weighted by molar-refractivity contribution is 0.0828. The van der Waals surface area contributed by atoms with Crippen molar-refractivity contribution in [3.63, 3.8) is 0 Å². The van der Waals surface area contributed by atoms with Gasteiger partial charge >= 0.3 is 0 Å². The van der Waals surface area contributed by atoms with Crippen LogP contribution in [0, 0.1) is 5.92 Å². The number of ether oxygens (including phenoxy) is 1. The summed E-state index contributed by atoms with van der Waals surface area (Å²) in [7, 11) is 3.58. The summed E-state index contributed by atoms with van der Waals surface area (Å²) >= 11 is 0. The summed E-state index contributed by atoms with van der Waals surface area (Å²) < 4.78 is 6.13. The summed E-state index contributed by atoms with van der Waals surface area (Å²) in [5.41, 5.74) is 2.67. The van der Waals surface area contributed by atoms with Crippen LogP contribution in [0.4, 0.5) is 17.2 Å². The van der Waals surface area contributed by atoms with E-state index in [2.05, 4.69) is 45.2 Å². The SMILES string of the molecule is CCCNc1ccnc(N2CCN(c3ccccc3OCC3CC3)CC2)c1C(=O)N(C)C. The summed E-state index contributed by atoms with van der Waals surface area (Å²) in [4.78, 5) is 23.9. The van der Waals surface area contributed by atoms with Gasteiger partial charge in [-0.05, 0) is 43.4 Å². The number of piperazine rings is 1. The van der Waals surface area contributed by atoms with Crippen molar-refractivity contribution in [2.75, 3.05) is 68.5 Å². The number of amides is 1. The molecule has 1 aliphatic carbocycles. The van der Waals surface area contributed by atoms with E-state index in [0.29, 0.717) is 5.56 Å². The monoisotopic (exact) mass is 437 g/mol. The molecule has 0 spiro atoms. The Labute approximate surface area is 191 Å². The molecule has 7 heteroatoms. The molecule has 2 aliphatic rings. The third-order valence-electron chi connectivity index (χ3n) is 6.07. The van der Waals surface area contributed by atoms with Gasteiger partial charge in [-0.2, -0.15) is 0 Å². The highest BCUT2D eigenvalue weighted by Gasteiger charge is 2.27. The van der Waals surface area contributed by atoms with Crippen LogP contribution in [-0.2, 0) is 0 Å². The van der Waals surface area contributed by atoms with Crippen LogP contribution >= 0.6 is 0 Å². The number of benzene rings is 1. The molecule has 1 N–H and O–H groups in total. The molecular formula is C25H35N5O2. The molecule has 2 heterocycles. The Hall–Kier alpha value is -2.96. The van der Waals surface area contributed by atoms with E-state index in [1.165, 1.54) is 12.8 Å². The van der Waals surface area contributed by atoms with Gasteiger partial charge in [-0.1, -0.05) is 19.1 Å². The van der Waals surface area contributed by atoms with E-state index < -0.39 is 0 Å². The molecule has 1 amide bonds. The Morgan fingerprint density at radius 2 is 1.84 bits per heavy atom. The maximum atomic E-state index is 13.0. The summed E-state index contributed by atoms with van der Waals surface area (Å²) in [6.45, 7) is 7.07. The lowest BCUT2D eigenvalue weighted by Gasteiger charge is -2.38. The van der Waals surface area contributed by atoms with Gasteiger partial charge in [-0.3, -0.25) is 4.79 Å². The number of rotatable bonds is 9. The van der Waals surface area contributed by atoms with Crippen LogP contribution in [0.1, 0.15) is 36.5 Å². The number of hydrogen-bond acceptors (Lipinski definition) is 6. The van der Waals surface area contributed by atoms with Crippen LogP contribution in [0.3, 0.4) is 0 Å². The smallest absolute Gasteiger partial charge is 0.259 e. The highest BCUT2D eigenvalue weighted by molar-refractivity contribution is 6.04. The van der Waals surface area contributed by atoms with E-state index in [1.807, 2.05) is 12.1 Å². The third kappa shape index (κ3) is 5.09. The maximum Gasteiger partial charge on any atom is 0.259 e. The molecule has 2 aromatic rings. The molecule has 0 bridgehead atoms. The van der Waals surface area contributed by atoms with Crippen molar-refractivity contribution < 1.29 is 9.53 Å². The number of aromatic nitrogens is 1. The molecule has 1 aromatic carbocycles. The Kier molecular flexibility index (Phi) is 7.02. The standard InChI is InChI=1S/C25H35N5O2/c1-4-12-26-20-11-13-27-24(23(20)25(31)28(2)3)30-16-14-29(15-17-30)21-7-5-6-8-22(21)32-18-19-9-10-19/h5-8,11,13,19H,4,9-10,12,14-18H2,1-3H3,(H,26,27). The summed E-state index contributed by atoms with van der Waals surface area (Å²) in [5, 5.41) is 3.41. The van der Waals surface area contributed by atoms with Gasteiger partial charge in [-0.15, -0.1) is 0 Å². The molecule has 2 fully saturated rings. The molecule has 1 saturated carbocycles. The number of carbonyl (C=O) groups excluding carboxylic acids is 1. The molecular weight excluding hydrogens is 402 g/mol. The average Bonchev–Trinajstić information content (AvgIpc) is 3.65. The third-order valence-corrected chi connectivity index (χ3v) is 6.07. The van der Waals surface area contributed by atoms with Gasteiger partial charge in [0.15, 0.2) is 0 Å². The molecule has 0 atom stereocenters. The van der Waals surface area contributed by atoms with Gasteiger partial charge in [0.1, 0.15) is 17.1 Å². The van der Waals surface area contributed by atoms with E-state index in [9.17, 15) is 4.79 Å². The maximum absolute atomic E-state index is 13.0. The van der Waals surface area contributed by atoms with Crippen LogP contribution in [-0.4, -0.2) is 69.2 Å². The van der Waals surface area contributed by atoms with Crippen LogP contribution in [0.2, 0.25) is 0 Å². The minimum atomic E-state index is -0.0204. The van der Waals surface area contributed by atoms with Crippen molar-refractivity contribution in [1.82, 2.24) is 9.88 Å². The minimum Gasteiger partial charge on any atom is -0.491 e. The van der Waals surface area contributed by atoms with Gasteiger partial charge in [0, 0.05) is 53.0 Å². The molecule has 0 radical (unpaired) electrons. The Bertz CT molecular complexity index is 920. The molecule has 0 unspecified atom stereocenters. The molecule has 7 nitrogen and oxygen atoms in total. The highest BCUT2D eigenvalue weighted by atomic mass is 16.5. The predicted molar refractivity (Wildman–Crippen MR) is 130 cm³/mol. The van der Waals surface area contributed by atoms with Crippen molar-refractivity contribution in [1.29, 1.82) is 0 Å². The van der Waals surface area contributed by atoms with Crippen LogP contribution < -0.4 is 19.9 Å². The first-order valence-corrected chi connectivity index (χ1v) is 11.7. The zero-order valence-electron chi connectivity index (χ0n) is 19.5. The number of pyridine rings is 1. The van der Waals surface area contributed by atoms with Crippen molar-refractivity contribution in [2.24, 2.45) is 5.92 Å². The van der Waals surface area contributed by atoms with Crippen LogP contribution in [0.5, 0.6) is 5.75 Å². The lowest BCUT2D eigenvalue weighted by atomic mass is 10.1. The zero-order chi connectivity index (χ0) is 22.5. The number of anilines is 3.